The van der Waals surface area contributed by atoms with Crippen molar-refractivity contribution in [3.63, 3.8) is 0 Å². The first-order chi connectivity index (χ1) is 5.61. The Morgan fingerprint density at radius 2 is 2.33 bits per heavy atom. The zero-order valence-corrected chi connectivity index (χ0v) is 7.85. The van der Waals surface area contributed by atoms with Crippen LogP contribution in [0.4, 0.5) is 0 Å². The second-order valence-corrected chi connectivity index (χ2v) is 2.75. The molecule has 0 aliphatic carbocycles. The van der Waals surface area contributed by atoms with Gasteiger partial charge in [-0.05, 0) is 20.8 Å². The van der Waals surface area contributed by atoms with Crippen LogP contribution in [0.3, 0.4) is 0 Å². The topological polar surface area (TPSA) is 29.1 Å². The molecular weight excluding hydrogens is 150 g/mol. The van der Waals surface area contributed by atoms with E-state index in [0.29, 0.717) is 6.42 Å². The molecule has 1 amide bonds. The number of hydrogen-bond donors (Lipinski definition) is 1. The molecule has 2 heteroatoms. The van der Waals surface area contributed by atoms with Gasteiger partial charge < -0.3 is 5.32 Å². The fourth-order valence-corrected chi connectivity index (χ4v) is 0.697. The van der Waals surface area contributed by atoms with Gasteiger partial charge in [-0.1, -0.05) is 6.08 Å². The molecule has 0 spiro atoms. The van der Waals surface area contributed by atoms with Crippen molar-refractivity contribution in [3.8, 4) is 12.3 Å². The van der Waals surface area contributed by atoms with Crippen molar-refractivity contribution in [2.45, 2.75) is 33.2 Å². The molecule has 0 fully saturated rings. The second-order valence-electron chi connectivity index (χ2n) is 2.75. The smallest absolute Gasteiger partial charge is 0.246 e. The molecule has 0 heterocycles. The molecule has 0 bridgehead atoms. The molecule has 66 valence electrons. The fourth-order valence-electron chi connectivity index (χ4n) is 0.697. The van der Waals surface area contributed by atoms with E-state index < -0.39 is 0 Å². The molecule has 0 saturated carbocycles. The molecule has 0 aliphatic heterocycles. The quantitative estimate of drug-likeness (QED) is 0.498. The van der Waals surface area contributed by atoms with Crippen LogP contribution in [0.1, 0.15) is 27.2 Å². The zero-order chi connectivity index (χ0) is 9.56. The Labute approximate surface area is 74.0 Å². The minimum Gasteiger partial charge on any atom is -0.349 e. The first kappa shape index (κ1) is 10.8. The van der Waals surface area contributed by atoms with Gasteiger partial charge in [-0.25, -0.2) is 0 Å². The Morgan fingerprint density at radius 3 is 2.75 bits per heavy atom. The van der Waals surface area contributed by atoms with Crippen molar-refractivity contribution < 1.29 is 4.79 Å². The van der Waals surface area contributed by atoms with Gasteiger partial charge in [0.25, 0.3) is 0 Å². The molecule has 0 aromatic carbocycles. The lowest BCUT2D eigenvalue weighted by Gasteiger charge is -2.10. The first-order valence-corrected chi connectivity index (χ1v) is 3.99. The van der Waals surface area contributed by atoms with Crippen LogP contribution < -0.4 is 5.32 Å². The lowest BCUT2D eigenvalue weighted by atomic mass is 10.2. The summed E-state index contributed by atoms with van der Waals surface area (Å²) in [7, 11) is 0. The standard InChI is InChI=1S/C10H15NO/c1-5-7-9(4)11-10(12)8(3)6-2/h1,6,9H,7H2,2-4H3,(H,11,12)/b8-6-. The Bertz CT molecular complexity index is 222. The van der Waals surface area contributed by atoms with Crippen molar-refractivity contribution >= 4 is 5.91 Å². The van der Waals surface area contributed by atoms with Crippen molar-refractivity contribution in [1.29, 1.82) is 0 Å². The van der Waals surface area contributed by atoms with Gasteiger partial charge in [0.05, 0.1) is 0 Å². The third kappa shape index (κ3) is 3.82. The van der Waals surface area contributed by atoms with Gasteiger partial charge in [0.15, 0.2) is 0 Å². The molecule has 0 radical (unpaired) electrons. The Balaban J connectivity index is 3.94. The predicted octanol–water partition coefficient (Wildman–Crippen LogP) is 1.48. The zero-order valence-electron chi connectivity index (χ0n) is 7.85. The summed E-state index contributed by atoms with van der Waals surface area (Å²) < 4.78 is 0. The van der Waals surface area contributed by atoms with Crippen LogP contribution in [0.25, 0.3) is 0 Å². The van der Waals surface area contributed by atoms with E-state index in [9.17, 15) is 4.79 Å². The maximum atomic E-state index is 11.2. The van der Waals surface area contributed by atoms with Crippen LogP contribution in [0.5, 0.6) is 0 Å². The highest BCUT2D eigenvalue weighted by atomic mass is 16.1. The average Bonchev–Trinajstić information content (AvgIpc) is 2.03. The summed E-state index contributed by atoms with van der Waals surface area (Å²) in [5.74, 6) is 2.45. The lowest BCUT2D eigenvalue weighted by Crippen LogP contribution is -2.32. The van der Waals surface area contributed by atoms with Crippen LogP contribution in [-0.2, 0) is 4.79 Å². The first-order valence-electron chi connectivity index (χ1n) is 3.99. The molecule has 2 nitrogen and oxygen atoms in total. The van der Waals surface area contributed by atoms with Crippen molar-refractivity contribution in [3.05, 3.63) is 11.6 Å². The van der Waals surface area contributed by atoms with Gasteiger partial charge >= 0.3 is 0 Å². The Hall–Kier alpha value is -1.23. The highest BCUT2D eigenvalue weighted by molar-refractivity contribution is 5.92. The van der Waals surface area contributed by atoms with Gasteiger partial charge in [-0.15, -0.1) is 12.3 Å². The lowest BCUT2D eigenvalue weighted by molar-refractivity contribution is -0.118. The molecule has 0 aromatic rings. The van der Waals surface area contributed by atoms with E-state index in [1.165, 1.54) is 0 Å². The number of carbonyl (C=O) groups is 1. The summed E-state index contributed by atoms with van der Waals surface area (Å²) in [6, 6.07) is 0.0531. The molecule has 1 atom stereocenters. The van der Waals surface area contributed by atoms with Gasteiger partial charge in [-0.2, -0.15) is 0 Å². The van der Waals surface area contributed by atoms with E-state index >= 15 is 0 Å². The average molecular weight is 165 g/mol. The number of terminal acetylenes is 1. The number of carbonyl (C=O) groups excluding carboxylic acids is 1. The van der Waals surface area contributed by atoms with Crippen molar-refractivity contribution in [2.24, 2.45) is 0 Å². The summed E-state index contributed by atoms with van der Waals surface area (Å²) in [5, 5.41) is 2.78. The van der Waals surface area contributed by atoms with E-state index in [4.69, 9.17) is 6.42 Å². The summed E-state index contributed by atoms with van der Waals surface area (Å²) in [5.41, 5.74) is 0.721. The monoisotopic (exact) mass is 165 g/mol. The van der Waals surface area contributed by atoms with E-state index in [2.05, 4.69) is 11.2 Å². The summed E-state index contributed by atoms with van der Waals surface area (Å²) in [4.78, 5) is 11.2. The molecule has 0 aliphatic rings. The normalized spacial score (nSPS) is 13.3. The van der Waals surface area contributed by atoms with Gasteiger partial charge in [-0.3, -0.25) is 4.79 Å². The highest BCUT2D eigenvalue weighted by Crippen LogP contribution is 1.94. The SMILES string of the molecule is C#CCC(C)NC(=O)/C(C)=C\C. The third-order valence-electron chi connectivity index (χ3n) is 1.59. The van der Waals surface area contributed by atoms with Crippen LogP contribution in [-0.4, -0.2) is 11.9 Å². The van der Waals surface area contributed by atoms with Gasteiger partial charge in [0.2, 0.25) is 5.91 Å². The third-order valence-corrected chi connectivity index (χ3v) is 1.59. The van der Waals surface area contributed by atoms with E-state index in [1.54, 1.807) is 13.0 Å². The number of rotatable bonds is 3. The van der Waals surface area contributed by atoms with Crippen molar-refractivity contribution in [2.75, 3.05) is 0 Å². The number of amides is 1. The Morgan fingerprint density at radius 1 is 1.75 bits per heavy atom. The van der Waals surface area contributed by atoms with E-state index in [-0.39, 0.29) is 11.9 Å². The van der Waals surface area contributed by atoms with Crippen LogP contribution in [0, 0.1) is 12.3 Å². The largest absolute Gasteiger partial charge is 0.349 e. The van der Waals surface area contributed by atoms with E-state index in [0.717, 1.165) is 5.57 Å². The summed E-state index contributed by atoms with van der Waals surface area (Å²) in [6.45, 7) is 5.50. The fraction of sp³-hybridized carbons (Fsp3) is 0.500. The van der Waals surface area contributed by atoms with Crippen molar-refractivity contribution in [1.82, 2.24) is 5.32 Å². The highest BCUT2D eigenvalue weighted by Gasteiger charge is 2.06. The van der Waals surface area contributed by atoms with Crippen LogP contribution >= 0.6 is 0 Å². The molecule has 12 heavy (non-hydrogen) atoms. The molecule has 0 saturated heterocycles. The predicted molar refractivity (Wildman–Crippen MR) is 50.5 cm³/mol. The number of hydrogen-bond acceptors (Lipinski definition) is 1. The minimum absolute atomic E-state index is 0.0414. The van der Waals surface area contributed by atoms with Gasteiger partial charge in [0.1, 0.15) is 0 Å². The molecule has 1 unspecified atom stereocenters. The summed E-state index contributed by atoms with van der Waals surface area (Å²) in [6.07, 6.45) is 7.45. The minimum atomic E-state index is -0.0414. The molecule has 0 rings (SSSR count). The van der Waals surface area contributed by atoms with Gasteiger partial charge in [0, 0.05) is 18.0 Å². The number of nitrogens with one attached hydrogen (secondary N) is 1. The molecular formula is C10H15NO. The van der Waals surface area contributed by atoms with Crippen LogP contribution in [0.15, 0.2) is 11.6 Å². The maximum Gasteiger partial charge on any atom is 0.246 e. The maximum absolute atomic E-state index is 11.2. The Kier molecular flexibility index (Phi) is 4.87. The molecule has 0 aromatic heterocycles. The van der Waals surface area contributed by atoms with E-state index in [1.807, 2.05) is 13.8 Å². The molecule has 1 N–H and O–H groups in total. The summed E-state index contributed by atoms with van der Waals surface area (Å²) >= 11 is 0. The van der Waals surface area contributed by atoms with Crippen LogP contribution in [0.2, 0.25) is 0 Å². The number of allylic oxidation sites excluding steroid dienone is 1. The second kappa shape index (κ2) is 5.42.